The Morgan fingerprint density at radius 3 is 2.51 bits per heavy atom. The third-order valence-corrected chi connectivity index (χ3v) is 6.45. The third kappa shape index (κ3) is 5.85. The van der Waals surface area contributed by atoms with Crippen molar-refractivity contribution < 1.29 is 23.5 Å². The molecule has 1 N–H and O–H groups in total. The average molecular weight is 477 g/mol. The van der Waals surface area contributed by atoms with Gasteiger partial charge in [-0.05, 0) is 48.7 Å². The zero-order valence-corrected chi connectivity index (χ0v) is 20.2. The molecule has 1 fully saturated rings. The van der Waals surface area contributed by atoms with E-state index in [1.165, 1.54) is 12.7 Å². The fourth-order valence-electron chi connectivity index (χ4n) is 4.65. The largest absolute Gasteiger partial charge is 0.497 e. The van der Waals surface area contributed by atoms with Crippen LogP contribution in [0.3, 0.4) is 0 Å². The zero-order valence-electron chi connectivity index (χ0n) is 20.2. The molecule has 1 heterocycles. The second kappa shape index (κ2) is 11.6. The second-order valence-corrected chi connectivity index (χ2v) is 8.74. The van der Waals surface area contributed by atoms with Crippen molar-refractivity contribution >= 4 is 11.8 Å². The Balaban J connectivity index is 1.77. The third-order valence-electron chi connectivity index (χ3n) is 6.45. The molecular formula is C28H32N2O5. The highest BCUT2D eigenvalue weighted by atomic mass is 16.5. The molecule has 3 aromatic rings. The molecule has 1 saturated carbocycles. The molecule has 0 unspecified atom stereocenters. The van der Waals surface area contributed by atoms with Crippen LogP contribution in [0.25, 0.3) is 0 Å². The lowest BCUT2D eigenvalue weighted by Crippen LogP contribution is -2.46. The molecule has 0 bridgehead atoms. The smallest absolute Gasteiger partial charge is 0.290 e. The van der Waals surface area contributed by atoms with Crippen molar-refractivity contribution in [2.24, 2.45) is 0 Å². The number of carbonyl (C=O) groups is 2. The van der Waals surface area contributed by atoms with Crippen molar-refractivity contribution in [2.75, 3.05) is 14.2 Å². The van der Waals surface area contributed by atoms with Gasteiger partial charge in [0.25, 0.3) is 5.91 Å². The van der Waals surface area contributed by atoms with Gasteiger partial charge in [-0.1, -0.05) is 49.6 Å². The van der Waals surface area contributed by atoms with Gasteiger partial charge in [-0.25, -0.2) is 0 Å². The fourth-order valence-corrected chi connectivity index (χ4v) is 4.65. The van der Waals surface area contributed by atoms with E-state index in [0.29, 0.717) is 17.1 Å². The first kappa shape index (κ1) is 24.4. The Bertz CT molecular complexity index is 1120. The van der Waals surface area contributed by atoms with E-state index in [1.54, 1.807) is 37.3 Å². The molecule has 7 nitrogen and oxygen atoms in total. The number of methoxy groups -OCH3 is 2. The van der Waals surface area contributed by atoms with Crippen LogP contribution in [0.1, 0.15) is 59.8 Å². The van der Waals surface area contributed by atoms with Gasteiger partial charge in [-0.2, -0.15) is 0 Å². The maximum Gasteiger partial charge on any atom is 0.290 e. The topological polar surface area (TPSA) is 81.0 Å². The standard InChI is InChI=1S/C28H32N2O5/c1-33-23-14-8-11-20(18-23)26(27(31)29-22-12-4-3-5-13-22)30(28(32)25-16-9-17-35-25)19-21-10-6-7-15-24(21)34-2/h6-11,14-18,22,26H,3-5,12-13,19H2,1-2H3,(H,29,31)/t26-/m0/s1. The molecule has 1 aromatic heterocycles. The number of hydrogen-bond donors (Lipinski definition) is 1. The molecule has 0 saturated heterocycles. The van der Waals surface area contributed by atoms with Crippen molar-refractivity contribution in [3.8, 4) is 11.5 Å². The molecule has 0 spiro atoms. The Morgan fingerprint density at radius 1 is 1.00 bits per heavy atom. The van der Waals surface area contributed by atoms with E-state index in [9.17, 15) is 9.59 Å². The lowest BCUT2D eigenvalue weighted by molar-refractivity contribution is -0.127. The molecule has 2 aromatic carbocycles. The van der Waals surface area contributed by atoms with E-state index >= 15 is 0 Å². The Hall–Kier alpha value is -3.74. The lowest BCUT2D eigenvalue weighted by atomic mass is 9.94. The van der Waals surface area contributed by atoms with E-state index in [2.05, 4.69) is 5.32 Å². The monoisotopic (exact) mass is 476 g/mol. The van der Waals surface area contributed by atoms with E-state index in [1.807, 2.05) is 42.5 Å². The van der Waals surface area contributed by atoms with Crippen LogP contribution >= 0.6 is 0 Å². The van der Waals surface area contributed by atoms with Gasteiger partial charge >= 0.3 is 0 Å². The highest BCUT2D eigenvalue weighted by Gasteiger charge is 2.35. The quantitative estimate of drug-likeness (QED) is 0.463. The van der Waals surface area contributed by atoms with E-state index in [0.717, 1.165) is 31.2 Å². The van der Waals surface area contributed by atoms with Crippen molar-refractivity contribution in [3.63, 3.8) is 0 Å². The summed E-state index contributed by atoms with van der Waals surface area (Å²) in [5, 5.41) is 3.21. The number of carbonyl (C=O) groups excluding carboxylic acids is 2. The molecule has 2 amide bonds. The normalized spacial score (nSPS) is 14.7. The van der Waals surface area contributed by atoms with Crippen LogP contribution in [-0.2, 0) is 11.3 Å². The van der Waals surface area contributed by atoms with Gasteiger partial charge < -0.3 is 24.1 Å². The van der Waals surface area contributed by atoms with Crippen molar-refractivity contribution in [1.82, 2.24) is 10.2 Å². The van der Waals surface area contributed by atoms with Gasteiger partial charge in [-0.3, -0.25) is 9.59 Å². The number of ether oxygens (including phenoxy) is 2. The first-order valence-corrected chi connectivity index (χ1v) is 12.0. The molecule has 35 heavy (non-hydrogen) atoms. The van der Waals surface area contributed by atoms with Gasteiger partial charge in [0, 0.05) is 11.6 Å². The Labute approximate surface area is 206 Å². The predicted molar refractivity (Wildman–Crippen MR) is 132 cm³/mol. The van der Waals surface area contributed by atoms with Gasteiger partial charge in [-0.15, -0.1) is 0 Å². The number of nitrogens with one attached hydrogen (secondary N) is 1. The minimum Gasteiger partial charge on any atom is -0.497 e. The maximum atomic E-state index is 13.9. The number of benzene rings is 2. The Morgan fingerprint density at radius 2 is 1.80 bits per heavy atom. The molecule has 1 atom stereocenters. The molecule has 184 valence electrons. The maximum absolute atomic E-state index is 13.9. The van der Waals surface area contributed by atoms with Gasteiger partial charge in [0.15, 0.2) is 5.76 Å². The minimum absolute atomic E-state index is 0.0937. The van der Waals surface area contributed by atoms with E-state index in [-0.39, 0.29) is 30.2 Å². The summed E-state index contributed by atoms with van der Waals surface area (Å²) in [6, 6.07) is 17.3. The number of hydrogen-bond acceptors (Lipinski definition) is 5. The van der Waals surface area contributed by atoms with Crippen LogP contribution in [0, 0.1) is 0 Å². The molecule has 7 heteroatoms. The molecular weight excluding hydrogens is 444 g/mol. The summed E-state index contributed by atoms with van der Waals surface area (Å²) in [6.45, 7) is 0.156. The molecule has 0 aliphatic heterocycles. The van der Waals surface area contributed by atoms with Gasteiger partial charge in [0.1, 0.15) is 17.5 Å². The van der Waals surface area contributed by atoms with Crippen molar-refractivity contribution in [1.29, 1.82) is 0 Å². The van der Waals surface area contributed by atoms with Gasteiger partial charge in [0.05, 0.1) is 27.0 Å². The van der Waals surface area contributed by atoms with Crippen LogP contribution in [0.4, 0.5) is 0 Å². The van der Waals surface area contributed by atoms with E-state index in [4.69, 9.17) is 13.9 Å². The first-order valence-electron chi connectivity index (χ1n) is 12.0. The molecule has 1 aliphatic carbocycles. The summed E-state index contributed by atoms with van der Waals surface area (Å²) in [6.07, 6.45) is 6.69. The minimum atomic E-state index is -0.894. The van der Waals surface area contributed by atoms with Crippen molar-refractivity contribution in [2.45, 2.75) is 50.7 Å². The lowest BCUT2D eigenvalue weighted by Gasteiger charge is -2.33. The number of para-hydroxylation sites is 1. The SMILES string of the molecule is COc1cccc([C@@H](C(=O)NC2CCCCC2)N(Cc2ccccc2OC)C(=O)c2ccco2)c1. The van der Waals surface area contributed by atoms with Crippen LogP contribution in [0.5, 0.6) is 11.5 Å². The summed E-state index contributed by atoms with van der Waals surface area (Å²) in [5.41, 5.74) is 1.45. The van der Waals surface area contributed by atoms with E-state index < -0.39 is 6.04 Å². The van der Waals surface area contributed by atoms with Crippen LogP contribution < -0.4 is 14.8 Å². The summed E-state index contributed by atoms with van der Waals surface area (Å²) < 4.78 is 16.4. The predicted octanol–water partition coefficient (Wildman–Crippen LogP) is 5.13. The summed E-state index contributed by atoms with van der Waals surface area (Å²) in [5.74, 6) is 0.813. The zero-order chi connectivity index (χ0) is 24.6. The first-order chi connectivity index (χ1) is 17.1. The molecule has 0 radical (unpaired) electrons. The van der Waals surface area contributed by atoms with Crippen molar-refractivity contribution in [3.05, 3.63) is 83.8 Å². The number of amides is 2. The summed E-state index contributed by atoms with van der Waals surface area (Å²) in [4.78, 5) is 29.2. The molecule has 1 aliphatic rings. The highest BCUT2D eigenvalue weighted by Crippen LogP contribution is 2.31. The van der Waals surface area contributed by atoms with Crippen LogP contribution in [-0.4, -0.2) is 37.0 Å². The summed E-state index contributed by atoms with van der Waals surface area (Å²) >= 11 is 0. The second-order valence-electron chi connectivity index (χ2n) is 8.74. The van der Waals surface area contributed by atoms with Gasteiger partial charge in [0.2, 0.25) is 5.91 Å². The highest BCUT2D eigenvalue weighted by molar-refractivity contribution is 5.96. The number of furan rings is 1. The van der Waals surface area contributed by atoms with Crippen LogP contribution in [0.2, 0.25) is 0 Å². The van der Waals surface area contributed by atoms with Crippen LogP contribution in [0.15, 0.2) is 71.3 Å². The Kier molecular flexibility index (Phi) is 8.08. The fraction of sp³-hybridized carbons (Fsp3) is 0.357. The number of nitrogens with zero attached hydrogens (tertiary/aromatic N) is 1. The molecule has 4 rings (SSSR count). The summed E-state index contributed by atoms with van der Waals surface area (Å²) in [7, 11) is 3.17. The average Bonchev–Trinajstić information content (AvgIpc) is 3.44. The number of rotatable bonds is 9.